The molecule has 1 aromatic carbocycles. The lowest BCUT2D eigenvalue weighted by molar-refractivity contribution is 0.0923. The second kappa shape index (κ2) is 11.6. The third kappa shape index (κ3) is 5.99. The minimum absolute atomic E-state index is 0.0453. The zero-order chi connectivity index (χ0) is 27.4. The monoisotopic (exact) mass is 584 g/mol. The minimum Gasteiger partial charge on any atom is -0.294 e. The normalized spacial score (nSPS) is 13.9. The summed E-state index contributed by atoms with van der Waals surface area (Å²) in [6.07, 6.45) is 5.14. The SMILES string of the molecule is Cn1nnnc1S(=O)(=O)c1sc(NC(=O)Nc2ncccc2C(=O)C2CCCC2)nc1CSc1ccccc1. The zero-order valence-corrected chi connectivity index (χ0v) is 23.2. The van der Waals surface area contributed by atoms with Gasteiger partial charge in [0.2, 0.25) is 0 Å². The number of benzene rings is 1. The van der Waals surface area contributed by atoms with Crippen LogP contribution in [0, 0.1) is 5.92 Å². The number of sulfone groups is 1. The van der Waals surface area contributed by atoms with Gasteiger partial charge in [0.1, 0.15) is 5.82 Å². The van der Waals surface area contributed by atoms with E-state index in [1.165, 1.54) is 25.0 Å². The van der Waals surface area contributed by atoms with E-state index in [0.29, 0.717) is 5.56 Å². The summed E-state index contributed by atoms with van der Waals surface area (Å²) in [5.74, 6) is 0.242. The van der Waals surface area contributed by atoms with Gasteiger partial charge in [0, 0.05) is 29.8 Å². The predicted octanol–water partition coefficient (Wildman–Crippen LogP) is 4.20. The zero-order valence-electron chi connectivity index (χ0n) is 20.8. The number of thiazole rings is 1. The Balaban J connectivity index is 1.39. The molecule has 202 valence electrons. The van der Waals surface area contributed by atoms with Crippen molar-refractivity contribution >= 4 is 55.7 Å². The summed E-state index contributed by atoms with van der Waals surface area (Å²) in [5.41, 5.74) is 0.596. The maximum Gasteiger partial charge on any atom is 0.326 e. The Morgan fingerprint density at radius 1 is 1.10 bits per heavy atom. The maximum atomic E-state index is 13.4. The highest BCUT2D eigenvalue weighted by Gasteiger charge is 2.31. The Labute approximate surface area is 232 Å². The van der Waals surface area contributed by atoms with Gasteiger partial charge in [-0.2, -0.15) is 0 Å². The van der Waals surface area contributed by atoms with E-state index in [9.17, 15) is 18.0 Å². The van der Waals surface area contributed by atoms with Gasteiger partial charge < -0.3 is 0 Å². The van der Waals surface area contributed by atoms with Crippen LogP contribution in [-0.2, 0) is 22.6 Å². The number of nitrogens with one attached hydrogen (secondary N) is 2. The van der Waals surface area contributed by atoms with Crippen molar-refractivity contribution in [1.29, 1.82) is 0 Å². The Kier molecular flexibility index (Phi) is 7.99. The van der Waals surface area contributed by atoms with Crippen molar-refractivity contribution in [2.24, 2.45) is 13.0 Å². The van der Waals surface area contributed by atoms with Crippen LogP contribution in [0.5, 0.6) is 0 Å². The molecule has 3 aromatic heterocycles. The molecule has 4 aromatic rings. The largest absolute Gasteiger partial charge is 0.326 e. The summed E-state index contributed by atoms with van der Waals surface area (Å²) in [6.45, 7) is 0. The standard InChI is InChI=1S/C24H24N8O4S3/c1-32-24(29-30-31-32)39(35,36)21-18(14-37-16-10-3-2-4-11-16)26-23(38-21)28-22(34)27-20-17(12-7-13-25-20)19(33)15-8-5-6-9-15/h2-4,7,10-13,15H,5-6,8-9,14H2,1H3,(H2,25,26,27,28,34). The number of carbonyl (C=O) groups is 2. The van der Waals surface area contributed by atoms with Crippen molar-refractivity contribution in [3.8, 4) is 0 Å². The van der Waals surface area contributed by atoms with Crippen molar-refractivity contribution in [2.75, 3.05) is 10.6 Å². The fraction of sp³-hybridized carbons (Fsp3) is 0.292. The predicted molar refractivity (Wildman–Crippen MR) is 146 cm³/mol. The van der Waals surface area contributed by atoms with Crippen LogP contribution < -0.4 is 10.6 Å². The molecule has 2 N–H and O–H groups in total. The number of thioether (sulfide) groups is 1. The number of anilines is 2. The third-order valence-corrected chi connectivity index (χ3v) is 10.4. The minimum atomic E-state index is -4.12. The van der Waals surface area contributed by atoms with Crippen molar-refractivity contribution in [1.82, 2.24) is 30.2 Å². The Hall–Kier alpha value is -3.69. The molecule has 2 amide bonds. The molecule has 0 saturated heterocycles. The highest BCUT2D eigenvalue weighted by Crippen LogP contribution is 2.35. The van der Waals surface area contributed by atoms with Gasteiger partial charge >= 0.3 is 6.03 Å². The van der Waals surface area contributed by atoms with Crippen molar-refractivity contribution in [2.45, 2.75) is 45.7 Å². The Morgan fingerprint density at radius 2 is 1.87 bits per heavy atom. The fourth-order valence-electron chi connectivity index (χ4n) is 4.24. The number of Topliss-reactive ketones (excluding diaryl/α,β-unsaturated/α-hetero) is 1. The van der Waals surface area contributed by atoms with Gasteiger partial charge in [0.25, 0.3) is 15.0 Å². The van der Waals surface area contributed by atoms with Crippen LogP contribution in [0.1, 0.15) is 41.7 Å². The van der Waals surface area contributed by atoms with E-state index in [0.717, 1.165) is 46.6 Å². The second-order valence-electron chi connectivity index (χ2n) is 8.77. The lowest BCUT2D eigenvalue weighted by Gasteiger charge is -2.12. The van der Waals surface area contributed by atoms with Gasteiger partial charge in [0.15, 0.2) is 15.1 Å². The van der Waals surface area contributed by atoms with E-state index < -0.39 is 15.9 Å². The number of aromatic nitrogens is 6. The van der Waals surface area contributed by atoms with E-state index >= 15 is 0 Å². The first kappa shape index (κ1) is 26.9. The van der Waals surface area contributed by atoms with E-state index in [2.05, 4.69) is 36.1 Å². The Bertz CT molecular complexity index is 1600. The molecule has 1 aliphatic carbocycles. The summed E-state index contributed by atoms with van der Waals surface area (Å²) in [4.78, 5) is 35.4. The fourth-order valence-corrected chi connectivity index (χ4v) is 8.02. The summed E-state index contributed by atoms with van der Waals surface area (Å²) in [6, 6.07) is 12.1. The summed E-state index contributed by atoms with van der Waals surface area (Å²) in [7, 11) is -2.70. The highest BCUT2D eigenvalue weighted by atomic mass is 32.2. The number of tetrazole rings is 1. The third-order valence-electron chi connectivity index (χ3n) is 6.10. The van der Waals surface area contributed by atoms with Crippen LogP contribution in [0.4, 0.5) is 15.7 Å². The molecular weight excluding hydrogens is 561 g/mol. The van der Waals surface area contributed by atoms with Gasteiger partial charge in [0.05, 0.1) is 11.3 Å². The lowest BCUT2D eigenvalue weighted by Crippen LogP contribution is -2.23. The van der Waals surface area contributed by atoms with Gasteiger partial charge in [-0.3, -0.25) is 15.4 Å². The van der Waals surface area contributed by atoms with E-state index in [4.69, 9.17) is 0 Å². The number of nitrogens with zero attached hydrogens (tertiary/aromatic N) is 6. The first-order valence-electron chi connectivity index (χ1n) is 12.0. The molecule has 0 unspecified atom stereocenters. The molecule has 1 aliphatic rings. The molecular formula is C24H24N8O4S3. The maximum absolute atomic E-state index is 13.4. The number of aryl methyl sites for hydroxylation is 1. The molecule has 3 heterocycles. The van der Waals surface area contributed by atoms with Crippen molar-refractivity contribution in [3.63, 3.8) is 0 Å². The van der Waals surface area contributed by atoms with Gasteiger partial charge in [-0.15, -0.1) is 11.8 Å². The first-order valence-corrected chi connectivity index (χ1v) is 15.3. The van der Waals surface area contributed by atoms with Crippen LogP contribution in [0.2, 0.25) is 0 Å². The van der Waals surface area contributed by atoms with Crippen molar-refractivity contribution in [3.05, 3.63) is 59.9 Å². The number of ketones is 1. The number of rotatable bonds is 9. The topological polar surface area (TPSA) is 162 Å². The number of hydrogen-bond acceptors (Lipinski definition) is 11. The molecule has 0 bridgehead atoms. The molecule has 0 atom stereocenters. The molecule has 12 nitrogen and oxygen atoms in total. The molecule has 1 saturated carbocycles. The smallest absolute Gasteiger partial charge is 0.294 e. The molecule has 15 heteroatoms. The van der Waals surface area contributed by atoms with Gasteiger partial charge in [-0.1, -0.05) is 47.5 Å². The number of urea groups is 1. The number of amides is 2. The van der Waals surface area contributed by atoms with Crippen LogP contribution in [0.3, 0.4) is 0 Å². The van der Waals surface area contributed by atoms with E-state index in [1.54, 1.807) is 12.1 Å². The average molecular weight is 585 g/mol. The van der Waals surface area contributed by atoms with Crippen LogP contribution in [0.15, 0.2) is 62.9 Å². The van der Waals surface area contributed by atoms with Crippen molar-refractivity contribution < 1.29 is 18.0 Å². The van der Waals surface area contributed by atoms with E-state index in [-0.39, 0.29) is 43.5 Å². The molecule has 0 radical (unpaired) electrons. The molecule has 5 rings (SSSR count). The number of carbonyl (C=O) groups excluding carboxylic acids is 2. The van der Waals surface area contributed by atoms with Gasteiger partial charge in [-0.05, 0) is 47.5 Å². The Morgan fingerprint density at radius 3 is 2.59 bits per heavy atom. The molecule has 1 fully saturated rings. The molecule has 0 aliphatic heterocycles. The van der Waals surface area contributed by atoms with Crippen LogP contribution in [-0.4, -0.2) is 50.4 Å². The van der Waals surface area contributed by atoms with Crippen LogP contribution >= 0.6 is 23.1 Å². The average Bonchev–Trinajstić information content (AvgIpc) is 3.70. The van der Waals surface area contributed by atoms with Crippen LogP contribution in [0.25, 0.3) is 0 Å². The van der Waals surface area contributed by atoms with E-state index in [1.807, 2.05) is 30.3 Å². The second-order valence-corrected chi connectivity index (χ2v) is 12.9. The molecule has 39 heavy (non-hydrogen) atoms. The number of pyridine rings is 1. The molecule has 0 spiro atoms. The summed E-state index contributed by atoms with van der Waals surface area (Å²) < 4.78 is 27.8. The summed E-state index contributed by atoms with van der Waals surface area (Å²) in [5, 5.41) is 15.7. The quantitative estimate of drug-likeness (QED) is 0.215. The first-order chi connectivity index (χ1) is 18.8. The number of hydrogen-bond donors (Lipinski definition) is 2. The highest BCUT2D eigenvalue weighted by molar-refractivity contribution is 7.98. The van der Waals surface area contributed by atoms with Gasteiger partial charge in [-0.25, -0.2) is 27.9 Å². The summed E-state index contributed by atoms with van der Waals surface area (Å²) >= 11 is 2.20. The lowest BCUT2D eigenvalue weighted by atomic mass is 9.97.